The Morgan fingerprint density at radius 1 is 1.00 bits per heavy atom. The van der Waals surface area contributed by atoms with Gasteiger partial charge in [0.15, 0.2) is 0 Å². The van der Waals surface area contributed by atoms with Crippen LogP contribution in [0, 0.1) is 0 Å². The van der Waals surface area contributed by atoms with E-state index < -0.39 is 0 Å². The molecule has 3 nitrogen and oxygen atoms in total. The van der Waals surface area contributed by atoms with Crippen LogP contribution in [0.25, 0.3) is 0 Å². The smallest absolute Gasteiger partial charge is 0.0566 e. The van der Waals surface area contributed by atoms with E-state index in [0.29, 0.717) is 18.2 Å². The van der Waals surface area contributed by atoms with Gasteiger partial charge in [-0.25, -0.2) is 5.01 Å². The van der Waals surface area contributed by atoms with Crippen molar-refractivity contribution >= 4 is 0 Å². The third-order valence-corrected chi connectivity index (χ3v) is 3.42. The largest absolute Gasteiger partial charge is 0.375 e. The molecule has 0 radical (unpaired) electrons. The minimum absolute atomic E-state index is 0.413. The Bertz CT molecular complexity index is 182. The second-order valence-corrected chi connectivity index (χ2v) is 5.10. The lowest BCUT2D eigenvalue weighted by molar-refractivity contribution is -0.0555. The molecular formula is C12H24N2O. The monoisotopic (exact) mass is 212 g/mol. The van der Waals surface area contributed by atoms with Crippen LogP contribution in [0.4, 0.5) is 0 Å². The molecule has 2 atom stereocenters. The SMILES string of the molecule is CC1CC(NN2CCCCC2)CC(C)O1. The molecule has 0 aromatic carbocycles. The van der Waals surface area contributed by atoms with Gasteiger partial charge in [-0.2, -0.15) is 0 Å². The zero-order chi connectivity index (χ0) is 10.7. The van der Waals surface area contributed by atoms with Gasteiger partial charge in [-0.15, -0.1) is 0 Å². The van der Waals surface area contributed by atoms with Gasteiger partial charge >= 0.3 is 0 Å². The van der Waals surface area contributed by atoms with Gasteiger partial charge in [0.25, 0.3) is 0 Å². The molecule has 1 N–H and O–H groups in total. The standard InChI is InChI=1S/C12H24N2O/c1-10-8-12(9-11(2)15-10)13-14-6-4-3-5-7-14/h10-13H,3-9H2,1-2H3. The first-order valence-corrected chi connectivity index (χ1v) is 6.40. The summed E-state index contributed by atoms with van der Waals surface area (Å²) in [6.45, 7) is 6.81. The Labute approximate surface area is 93.1 Å². The minimum Gasteiger partial charge on any atom is -0.375 e. The normalized spacial score (nSPS) is 39.2. The van der Waals surface area contributed by atoms with E-state index in [1.807, 2.05) is 0 Å². The highest BCUT2D eigenvalue weighted by molar-refractivity contribution is 4.78. The van der Waals surface area contributed by atoms with E-state index in [2.05, 4.69) is 24.3 Å². The fraction of sp³-hybridized carbons (Fsp3) is 1.00. The van der Waals surface area contributed by atoms with Gasteiger partial charge < -0.3 is 4.74 Å². The van der Waals surface area contributed by atoms with Crippen LogP contribution in [0.2, 0.25) is 0 Å². The van der Waals surface area contributed by atoms with Crippen molar-refractivity contribution in [2.45, 2.75) is 64.2 Å². The lowest BCUT2D eigenvalue weighted by atomic mass is 10.0. The molecule has 0 spiro atoms. The number of nitrogens with one attached hydrogen (secondary N) is 1. The molecule has 0 saturated carbocycles. The van der Waals surface area contributed by atoms with Crippen LogP contribution in [0.1, 0.15) is 46.0 Å². The molecule has 88 valence electrons. The van der Waals surface area contributed by atoms with Crippen molar-refractivity contribution < 1.29 is 4.74 Å². The molecule has 15 heavy (non-hydrogen) atoms. The van der Waals surface area contributed by atoms with Gasteiger partial charge in [-0.1, -0.05) is 6.42 Å². The Balaban J connectivity index is 1.77. The minimum atomic E-state index is 0.413. The average Bonchev–Trinajstić information content (AvgIpc) is 2.17. The summed E-state index contributed by atoms with van der Waals surface area (Å²) >= 11 is 0. The van der Waals surface area contributed by atoms with Gasteiger partial charge in [-0.05, 0) is 39.5 Å². The van der Waals surface area contributed by atoms with Crippen LogP contribution in [0.5, 0.6) is 0 Å². The Morgan fingerprint density at radius 2 is 1.60 bits per heavy atom. The lowest BCUT2D eigenvalue weighted by Crippen LogP contribution is -2.51. The second kappa shape index (κ2) is 5.28. The van der Waals surface area contributed by atoms with Crippen molar-refractivity contribution in [1.82, 2.24) is 10.4 Å². The predicted molar refractivity (Wildman–Crippen MR) is 61.6 cm³/mol. The number of hydrazine groups is 1. The van der Waals surface area contributed by atoms with Crippen molar-refractivity contribution in [2.75, 3.05) is 13.1 Å². The molecule has 2 unspecified atom stereocenters. The molecule has 2 rings (SSSR count). The maximum atomic E-state index is 5.75. The molecule has 2 saturated heterocycles. The van der Waals surface area contributed by atoms with Crippen LogP contribution >= 0.6 is 0 Å². The van der Waals surface area contributed by atoms with Crippen LogP contribution in [-0.4, -0.2) is 36.3 Å². The summed E-state index contributed by atoms with van der Waals surface area (Å²) in [6.07, 6.45) is 7.23. The summed E-state index contributed by atoms with van der Waals surface area (Å²) in [7, 11) is 0. The van der Waals surface area contributed by atoms with Crippen LogP contribution in [0.3, 0.4) is 0 Å². The van der Waals surface area contributed by atoms with Gasteiger partial charge in [0.05, 0.1) is 12.2 Å². The summed E-state index contributed by atoms with van der Waals surface area (Å²) in [6, 6.07) is 0.627. The summed E-state index contributed by atoms with van der Waals surface area (Å²) in [5.74, 6) is 0. The lowest BCUT2D eigenvalue weighted by Gasteiger charge is -2.37. The van der Waals surface area contributed by atoms with Crippen molar-refractivity contribution in [3.63, 3.8) is 0 Å². The fourth-order valence-electron chi connectivity index (χ4n) is 2.79. The number of rotatable bonds is 2. The zero-order valence-electron chi connectivity index (χ0n) is 10.0. The van der Waals surface area contributed by atoms with E-state index in [0.717, 1.165) is 12.8 Å². The van der Waals surface area contributed by atoms with E-state index in [-0.39, 0.29) is 0 Å². The molecule has 2 fully saturated rings. The van der Waals surface area contributed by atoms with E-state index in [1.165, 1.54) is 32.4 Å². The highest BCUT2D eigenvalue weighted by atomic mass is 16.5. The van der Waals surface area contributed by atoms with E-state index in [4.69, 9.17) is 4.74 Å². The van der Waals surface area contributed by atoms with Gasteiger partial charge in [-0.3, -0.25) is 5.43 Å². The third kappa shape index (κ3) is 3.44. The van der Waals surface area contributed by atoms with Crippen LogP contribution in [-0.2, 0) is 4.74 Å². The molecule has 0 amide bonds. The van der Waals surface area contributed by atoms with E-state index in [9.17, 15) is 0 Å². The predicted octanol–water partition coefficient (Wildman–Crippen LogP) is 1.93. The van der Waals surface area contributed by atoms with Crippen molar-refractivity contribution in [3.05, 3.63) is 0 Å². The van der Waals surface area contributed by atoms with E-state index in [1.54, 1.807) is 0 Å². The summed E-state index contributed by atoms with van der Waals surface area (Å²) in [4.78, 5) is 0. The maximum Gasteiger partial charge on any atom is 0.0566 e. The third-order valence-electron chi connectivity index (χ3n) is 3.42. The topological polar surface area (TPSA) is 24.5 Å². The van der Waals surface area contributed by atoms with Crippen molar-refractivity contribution in [3.8, 4) is 0 Å². The quantitative estimate of drug-likeness (QED) is 0.757. The first kappa shape index (κ1) is 11.4. The molecule has 0 aliphatic carbocycles. The zero-order valence-corrected chi connectivity index (χ0v) is 10.0. The molecule has 3 heteroatoms. The molecular weight excluding hydrogens is 188 g/mol. The highest BCUT2D eigenvalue weighted by Gasteiger charge is 2.25. The number of hydrogen-bond acceptors (Lipinski definition) is 3. The van der Waals surface area contributed by atoms with Crippen LogP contribution in [0.15, 0.2) is 0 Å². The van der Waals surface area contributed by atoms with Gasteiger partial charge in [0.2, 0.25) is 0 Å². The Morgan fingerprint density at radius 3 is 2.20 bits per heavy atom. The Hall–Kier alpha value is -0.120. The molecule has 2 aliphatic heterocycles. The second-order valence-electron chi connectivity index (χ2n) is 5.10. The number of nitrogens with zero attached hydrogens (tertiary/aromatic N) is 1. The number of hydrogen-bond donors (Lipinski definition) is 1. The summed E-state index contributed by atoms with van der Waals surface area (Å²) in [5.41, 5.74) is 3.67. The van der Waals surface area contributed by atoms with E-state index >= 15 is 0 Å². The van der Waals surface area contributed by atoms with Gasteiger partial charge in [0.1, 0.15) is 0 Å². The first-order valence-electron chi connectivity index (χ1n) is 6.40. The van der Waals surface area contributed by atoms with Crippen molar-refractivity contribution in [1.29, 1.82) is 0 Å². The highest BCUT2D eigenvalue weighted by Crippen LogP contribution is 2.20. The van der Waals surface area contributed by atoms with Crippen molar-refractivity contribution in [2.24, 2.45) is 0 Å². The first-order chi connectivity index (χ1) is 7.24. The Kier molecular flexibility index (Phi) is 4.00. The summed E-state index contributed by atoms with van der Waals surface area (Å²) in [5, 5.41) is 2.42. The molecule has 0 bridgehead atoms. The van der Waals surface area contributed by atoms with Gasteiger partial charge in [0, 0.05) is 19.1 Å². The molecule has 0 aromatic rings. The fourth-order valence-corrected chi connectivity index (χ4v) is 2.79. The van der Waals surface area contributed by atoms with Crippen LogP contribution < -0.4 is 5.43 Å². The average molecular weight is 212 g/mol. The number of piperidine rings is 1. The maximum absolute atomic E-state index is 5.75. The molecule has 2 heterocycles. The molecule has 0 aromatic heterocycles. The molecule has 2 aliphatic rings. The summed E-state index contributed by atoms with van der Waals surface area (Å²) < 4.78 is 5.75. The number of ether oxygens (including phenoxy) is 1.